The third kappa shape index (κ3) is 5.78. The fourth-order valence-electron chi connectivity index (χ4n) is 2.16. The molecule has 0 fully saturated rings. The van der Waals surface area contributed by atoms with E-state index in [0.29, 0.717) is 30.3 Å². The summed E-state index contributed by atoms with van der Waals surface area (Å²) in [6.45, 7) is 4.75. The van der Waals surface area contributed by atoms with E-state index < -0.39 is 6.10 Å². The van der Waals surface area contributed by atoms with Gasteiger partial charge in [-0.15, -0.1) is 0 Å². The van der Waals surface area contributed by atoms with E-state index in [2.05, 4.69) is 5.32 Å². The first-order valence-electron chi connectivity index (χ1n) is 7.98. The zero-order valence-electron chi connectivity index (χ0n) is 13.9. The molecule has 24 heavy (non-hydrogen) atoms. The molecule has 2 rings (SSSR count). The first kappa shape index (κ1) is 18.1. The van der Waals surface area contributed by atoms with Crippen LogP contribution in [0.3, 0.4) is 0 Å². The molecule has 1 N–H and O–H groups in total. The van der Waals surface area contributed by atoms with E-state index in [4.69, 9.17) is 21.1 Å². The van der Waals surface area contributed by atoms with Crippen LogP contribution in [-0.2, 0) is 4.79 Å². The molecule has 0 heterocycles. The van der Waals surface area contributed by atoms with Gasteiger partial charge in [-0.2, -0.15) is 0 Å². The van der Waals surface area contributed by atoms with Crippen molar-refractivity contribution in [3.8, 4) is 11.5 Å². The molecule has 4 nitrogen and oxygen atoms in total. The standard InChI is InChI=1S/C19H22ClNO3/c1-3-18(24-16-9-7-15(20)8-10-16)19(22)21-11-12-23-17-6-4-5-14(2)13-17/h4-10,13,18H,3,11-12H2,1-2H3,(H,21,22)/t18-/m1/s1. The summed E-state index contributed by atoms with van der Waals surface area (Å²) in [5.41, 5.74) is 1.14. The van der Waals surface area contributed by atoms with E-state index in [9.17, 15) is 4.79 Å². The Morgan fingerprint density at radius 3 is 2.58 bits per heavy atom. The summed E-state index contributed by atoms with van der Waals surface area (Å²) in [7, 11) is 0. The Morgan fingerprint density at radius 1 is 1.17 bits per heavy atom. The number of benzene rings is 2. The van der Waals surface area contributed by atoms with Crippen LogP contribution in [0, 0.1) is 6.92 Å². The molecule has 1 atom stereocenters. The summed E-state index contributed by atoms with van der Waals surface area (Å²) < 4.78 is 11.3. The first-order chi connectivity index (χ1) is 11.6. The number of carbonyl (C=O) groups is 1. The number of ether oxygens (including phenoxy) is 2. The van der Waals surface area contributed by atoms with Gasteiger partial charge in [-0.3, -0.25) is 4.79 Å². The van der Waals surface area contributed by atoms with E-state index in [1.165, 1.54) is 0 Å². The van der Waals surface area contributed by atoms with Gasteiger partial charge in [0.2, 0.25) is 0 Å². The average Bonchev–Trinajstić information content (AvgIpc) is 2.58. The maximum absolute atomic E-state index is 12.2. The van der Waals surface area contributed by atoms with Gasteiger partial charge in [0, 0.05) is 5.02 Å². The zero-order valence-corrected chi connectivity index (χ0v) is 14.7. The molecule has 0 aromatic heterocycles. The molecule has 0 radical (unpaired) electrons. The van der Waals surface area contributed by atoms with Gasteiger partial charge in [0.1, 0.15) is 18.1 Å². The van der Waals surface area contributed by atoms with Crippen molar-refractivity contribution < 1.29 is 14.3 Å². The summed E-state index contributed by atoms with van der Waals surface area (Å²) in [4.78, 5) is 12.2. The molecule has 2 aromatic rings. The molecule has 0 aliphatic heterocycles. The van der Waals surface area contributed by atoms with Crippen molar-refractivity contribution in [1.29, 1.82) is 0 Å². The molecule has 0 saturated heterocycles. The van der Waals surface area contributed by atoms with Crippen molar-refractivity contribution in [3.05, 3.63) is 59.1 Å². The molecule has 0 saturated carbocycles. The lowest BCUT2D eigenvalue weighted by Crippen LogP contribution is -2.39. The minimum Gasteiger partial charge on any atom is -0.492 e. The zero-order chi connectivity index (χ0) is 17.4. The monoisotopic (exact) mass is 347 g/mol. The fraction of sp³-hybridized carbons (Fsp3) is 0.316. The predicted molar refractivity (Wildman–Crippen MR) is 95.8 cm³/mol. The molecule has 2 aromatic carbocycles. The molecule has 0 spiro atoms. The highest BCUT2D eigenvalue weighted by atomic mass is 35.5. The van der Waals surface area contributed by atoms with E-state index in [1.54, 1.807) is 24.3 Å². The summed E-state index contributed by atoms with van der Waals surface area (Å²) in [6.07, 6.45) is 0.0397. The van der Waals surface area contributed by atoms with Crippen molar-refractivity contribution in [2.75, 3.05) is 13.2 Å². The van der Waals surface area contributed by atoms with Crippen LogP contribution in [0.25, 0.3) is 0 Å². The largest absolute Gasteiger partial charge is 0.492 e. The Bertz CT molecular complexity index is 658. The SMILES string of the molecule is CC[C@@H](Oc1ccc(Cl)cc1)C(=O)NCCOc1cccc(C)c1. The highest BCUT2D eigenvalue weighted by Crippen LogP contribution is 2.17. The lowest BCUT2D eigenvalue weighted by molar-refractivity contribution is -0.128. The van der Waals surface area contributed by atoms with Gasteiger partial charge < -0.3 is 14.8 Å². The molecule has 0 aliphatic rings. The van der Waals surface area contributed by atoms with E-state index in [-0.39, 0.29) is 5.91 Å². The molecule has 0 bridgehead atoms. The Balaban J connectivity index is 1.76. The molecule has 0 aliphatic carbocycles. The number of rotatable bonds is 8. The Kier molecular flexibility index (Phi) is 6.94. The summed E-state index contributed by atoms with van der Waals surface area (Å²) in [6, 6.07) is 14.8. The second-order valence-electron chi connectivity index (χ2n) is 5.42. The van der Waals surface area contributed by atoms with E-state index >= 15 is 0 Å². The number of carbonyl (C=O) groups excluding carboxylic acids is 1. The number of amides is 1. The lowest BCUT2D eigenvalue weighted by atomic mass is 10.2. The number of nitrogens with one attached hydrogen (secondary N) is 1. The molecular formula is C19H22ClNO3. The second kappa shape index (κ2) is 9.18. The van der Waals surface area contributed by atoms with Crippen molar-refractivity contribution in [1.82, 2.24) is 5.32 Å². The van der Waals surface area contributed by atoms with Crippen molar-refractivity contribution >= 4 is 17.5 Å². The minimum atomic E-state index is -0.537. The van der Waals surface area contributed by atoms with Gasteiger partial charge >= 0.3 is 0 Å². The van der Waals surface area contributed by atoms with Gasteiger partial charge in [-0.1, -0.05) is 30.7 Å². The molecule has 5 heteroatoms. The maximum Gasteiger partial charge on any atom is 0.261 e. The topological polar surface area (TPSA) is 47.6 Å². The van der Waals surface area contributed by atoms with Crippen molar-refractivity contribution in [2.24, 2.45) is 0 Å². The van der Waals surface area contributed by atoms with Crippen LogP contribution >= 0.6 is 11.6 Å². The van der Waals surface area contributed by atoms with Gasteiger partial charge in [-0.05, 0) is 55.3 Å². The average molecular weight is 348 g/mol. The van der Waals surface area contributed by atoms with Crippen LogP contribution in [0.15, 0.2) is 48.5 Å². The van der Waals surface area contributed by atoms with Gasteiger partial charge in [0.05, 0.1) is 6.54 Å². The quantitative estimate of drug-likeness (QED) is 0.734. The minimum absolute atomic E-state index is 0.153. The predicted octanol–water partition coefficient (Wildman–Crippen LogP) is 4.00. The van der Waals surface area contributed by atoms with Crippen LogP contribution in [-0.4, -0.2) is 25.2 Å². The third-order valence-corrected chi connectivity index (χ3v) is 3.67. The maximum atomic E-state index is 12.2. The van der Waals surface area contributed by atoms with Crippen LogP contribution < -0.4 is 14.8 Å². The van der Waals surface area contributed by atoms with Crippen LogP contribution in [0.4, 0.5) is 0 Å². The Hall–Kier alpha value is -2.20. The Labute approximate surface area is 147 Å². The Morgan fingerprint density at radius 2 is 1.92 bits per heavy atom. The normalized spacial score (nSPS) is 11.6. The van der Waals surface area contributed by atoms with Crippen LogP contribution in [0.5, 0.6) is 11.5 Å². The highest BCUT2D eigenvalue weighted by molar-refractivity contribution is 6.30. The smallest absolute Gasteiger partial charge is 0.261 e. The summed E-state index contributed by atoms with van der Waals surface area (Å²) in [5, 5.41) is 3.47. The molecule has 1 amide bonds. The second-order valence-corrected chi connectivity index (χ2v) is 5.86. The molecular weight excluding hydrogens is 326 g/mol. The van der Waals surface area contributed by atoms with Gasteiger partial charge in [-0.25, -0.2) is 0 Å². The lowest BCUT2D eigenvalue weighted by Gasteiger charge is -2.17. The fourth-order valence-corrected chi connectivity index (χ4v) is 2.29. The third-order valence-electron chi connectivity index (χ3n) is 3.41. The molecule has 128 valence electrons. The number of halogens is 1. The van der Waals surface area contributed by atoms with E-state index in [0.717, 1.165) is 11.3 Å². The number of hydrogen-bond donors (Lipinski definition) is 1. The molecule has 0 unspecified atom stereocenters. The van der Waals surface area contributed by atoms with Gasteiger partial charge in [0.15, 0.2) is 6.10 Å². The first-order valence-corrected chi connectivity index (χ1v) is 8.35. The number of hydrogen-bond acceptors (Lipinski definition) is 3. The summed E-state index contributed by atoms with van der Waals surface area (Å²) >= 11 is 5.84. The van der Waals surface area contributed by atoms with Crippen molar-refractivity contribution in [3.63, 3.8) is 0 Å². The highest BCUT2D eigenvalue weighted by Gasteiger charge is 2.17. The van der Waals surface area contributed by atoms with Gasteiger partial charge in [0.25, 0.3) is 5.91 Å². The van der Waals surface area contributed by atoms with Crippen LogP contribution in [0.1, 0.15) is 18.9 Å². The van der Waals surface area contributed by atoms with E-state index in [1.807, 2.05) is 38.1 Å². The number of aryl methyl sites for hydroxylation is 1. The van der Waals surface area contributed by atoms with Crippen LogP contribution in [0.2, 0.25) is 5.02 Å². The summed E-state index contributed by atoms with van der Waals surface area (Å²) in [5.74, 6) is 1.27. The van der Waals surface area contributed by atoms with Crippen molar-refractivity contribution in [2.45, 2.75) is 26.4 Å².